The van der Waals surface area contributed by atoms with Crippen LogP contribution in [0.5, 0.6) is 0 Å². The zero-order valence-corrected chi connectivity index (χ0v) is 15.6. The van der Waals surface area contributed by atoms with E-state index in [9.17, 15) is 0 Å². The fourth-order valence-corrected chi connectivity index (χ4v) is 1.64. The maximum absolute atomic E-state index is 5.31. The molecule has 0 aromatic carbocycles. The molecule has 1 heterocycles. The van der Waals surface area contributed by atoms with Gasteiger partial charge >= 0.3 is 0 Å². The lowest BCUT2D eigenvalue weighted by molar-refractivity contribution is 0.203. The van der Waals surface area contributed by atoms with Gasteiger partial charge in [0.2, 0.25) is 0 Å². The molecular formula is C15H28IN3O2. The number of guanidine groups is 1. The van der Waals surface area contributed by atoms with Gasteiger partial charge in [0.25, 0.3) is 0 Å². The summed E-state index contributed by atoms with van der Waals surface area (Å²) in [5, 5.41) is 6.57. The van der Waals surface area contributed by atoms with E-state index in [0.29, 0.717) is 12.5 Å². The fourth-order valence-electron chi connectivity index (χ4n) is 1.64. The summed E-state index contributed by atoms with van der Waals surface area (Å²) in [6.07, 6.45) is 3.64. The lowest BCUT2D eigenvalue weighted by Gasteiger charge is -2.12. The third kappa shape index (κ3) is 10.6. The Morgan fingerprint density at radius 3 is 2.71 bits per heavy atom. The fraction of sp³-hybridized carbons (Fsp3) is 0.667. The maximum Gasteiger partial charge on any atom is 0.191 e. The van der Waals surface area contributed by atoms with Gasteiger partial charge in [-0.25, -0.2) is 0 Å². The van der Waals surface area contributed by atoms with Crippen molar-refractivity contribution in [3.05, 3.63) is 24.2 Å². The molecule has 1 aromatic heterocycles. The highest BCUT2D eigenvalue weighted by atomic mass is 127. The van der Waals surface area contributed by atoms with Crippen LogP contribution in [0, 0.1) is 5.92 Å². The summed E-state index contributed by atoms with van der Waals surface area (Å²) < 4.78 is 10.3. The zero-order valence-electron chi connectivity index (χ0n) is 13.2. The number of rotatable bonds is 9. The monoisotopic (exact) mass is 409 g/mol. The summed E-state index contributed by atoms with van der Waals surface area (Å²) in [6.45, 7) is 7.47. The van der Waals surface area contributed by atoms with E-state index in [4.69, 9.17) is 9.15 Å². The van der Waals surface area contributed by atoms with Crippen molar-refractivity contribution in [3.63, 3.8) is 0 Å². The van der Waals surface area contributed by atoms with Gasteiger partial charge in [-0.05, 0) is 24.5 Å². The topological polar surface area (TPSA) is 58.8 Å². The summed E-state index contributed by atoms with van der Waals surface area (Å²) in [4.78, 5) is 4.56. The highest BCUT2D eigenvalue weighted by molar-refractivity contribution is 14.0. The molecular weight excluding hydrogens is 381 g/mol. The Balaban J connectivity index is 0.00000400. The quantitative estimate of drug-likeness (QED) is 0.285. The van der Waals surface area contributed by atoms with Gasteiger partial charge in [0.15, 0.2) is 5.96 Å². The van der Waals surface area contributed by atoms with Gasteiger partial charge in [0, 0.05) is 33.2 Å². The van der Waals surface area contributed by atoms with Crippen LogP contribution in [-0.4, -0.2) is 39.3 Å². The molecule has 0 aliphatic carbocycles. The maximum atomic E-state index is 5.31. The van der Waals surface area contributed by atoms with Crippen molar-refractivity contribution in [2.24, 2.45) is 10.9 Å². The molecule has 2 N–H and O–H groups in total. The molecule has 0 bridgehead atoms. The zero-order chi connectivity index (χ0) is 14.6. The van der Waals surface area contributed by atoms with Gasteiger partial charge in [-0.3, -0.25) is 4.99 Å². The normalized spacial score (nSPS) is 11.3. The third-order valence-corrected chi connectivity index (χ3v) is 2.82. The second-order valence-electron chi connectivity index (χ2n) is 5.09. The summed E-state index contributed by atoms with van der Waals surface area (Å²) in [6, 6.07) is 3.89. The van der Waals surface area contributed by atoms with E-state index in [1.54, 1.807) is 13.4 Å². The number of hydrogen-bond acceptors (Lipinski definition) is 3. The van der Waals surface area contributed by atoms with Crippen molar-refractivity contribution in [1.29, 1.82) is 0 Å². The van der Waals surface area contributed by atoms with Gasteiger partial charge in [0.1, 0.15) is 5.76 Å². The van der Waals surface area contributed by atoms with E-state index >= 15 is 0 Å². The number of halogens is 1. The second-order valence-corrected chi connectivity index (χ2v) is 5.09. The average Bonchev–Trinajstić information content (AvgIpc) is 2.91. The Labute approximate surface area is 144 Å². The second kappa shape index (κ2) is 12.9. The highest BCUT2D eigenvalue weighted by Crippen LogP contribution is 2.00. The first-order chi connectivity index (χ1) is 9.72. The molecule has 0 fully saturated rings. The van der Waals surface area contributed by atoms with Gasteiger partial charge in [-0.15, -0.1) is 24.0 Å². The Morgan fingerprint density at radius 1 is 1.33 bits per heavy atom. The number of furan rings is 1. The van der Waals surface area contributed by atoms with Gasteiger partial charge < -0.3 is 19.8 Å². The van der Waals surface area contributed by atoms with Crippen LogP contribution in [0.15, 0.2) is 27.8 Å². The molecule has 0 aliphatic heterocycles. The van der Waals surface area contributed by atoms with E-state index in [0.717, 1.165) is 44.2 Å². The number of ether oxygens (including phenoxy) is 1. The number of nitrogens with one attached hydrogen (secondary N) is 2. The first-order valence-electron chi connectivity index (χ1n) is 7.26. The van der Waals surface area contributed by atoms with Crippen LogP contribution >= 0.6 is 24.0 Å². The lowest BCUT2D eigenvalue weighted by Crippen LogP contribution is -2.40. The molecule has 1 aromatic rings. The van der Waals surface area contributed by atoms with Crippen molar-refractivity contribution < 1.29 is 9.15 Å². The van der Waals surface area contributed by atoms with E-state index in [1.165, 1.54) is 0 Å². The number of hydrogen-bond donors (Lipinski definition) is 2. The van der Waals surface area contributed by atoms with Crippen LogP contribution in [0.25, 0.3) is 0 Å². The molecule has 0 spiro atoms. The van der Waals surface area contributed by atoms with Crippen LogP contribution in [0.1, 0.15) is 26.0 Å². The summed E-state index contributed by atoms with van der Waals surface area (Å²) in [5.41, 5.74) is 0. The minimum Gasteiger partial charge on any atom is -0.469 e. The third-order valence-electron chi connectivity index (χ3n) is 2.82. The van der Waals surface area contributed by atoms with Crippen molar-refractivity contribution >= 4 is 29.9 Å². The predicted octanol–water partition coefficient (Wildman–Crippen LogP) is 2.67. The molecule has 1 rings (SSSR count). The van der Waals surface area contributed by atoms with E-state index in [1.807, 2.05) is 12.1 Å². The summed E-state index contributed by atoms with van der Waals surface area (Å²) in [7, 11) is 1.70. The Morgan fingerprint density at radius 2 is 2.10 bits per heavy atom. The van der Waals surface area contributed by atoms with E-state index in [2.05, 4.69) is 29.5 Å². The lowest BCUT2D eigenvalue weighted by atomic mass is 10.1. The molecule has 6 heteroatoms. The average molecular weight is 409 g/mol. The highest BCUT2D eigenvalue weighted by Gasteiger charge is 2.00. The molecule has 0 saturated carbocycles. The van der Waals surface area contributed by atoms with E-state index < -0.39 is 0 Å². The standard InChI is InChI=1S/C15H27N3O2.HI/c1-13(2)6-8-16-15(18-10-12-19-3)17-9-7-14-5-4-11-20-14;/h4-5,11,13H,6-10,12H2,1-3H3,(H2,16,17,18);1H. The minimum atomic E-state index is 0. The molecule has 122 valence electrons. The van der Waals surface area contributed by atoms with Crippen LogP contribution < -0.4 is 10.6 Å². The first-order valence-corrected chi connectivity index (χ1v) is 7.26. The molecule has 0 saturated heterocycles. The largest absolute Gasteiger partial charge is 0.469 e. The number of aliphatic imine (C=N–C) groups is 1. The van der Waals surface area contributed by atoms with Crippen LogP contribution in [0.4, 0.5) is 0 Å². The molecule has 0 unspecified atom stereocenters. The van der Waals surface area contributed by atoms with Crippen LogP contribution in [0.3, 0.4) is 0 Å². The molecule has 0 amide bonds. The number of nitrogens with zero attached hydrogens (tertiary/aromatic N) is 1. The summed E-state index contributed by atoms with van der Waals surface area (Å²) in [5.74, 6) is 2.49. The van der Waals surface area contributed by atoms with Crippen LogP contribution in [0.2, 0.25) is 0 Å². The van der Waals surface area contributed by atoms with Crippen molar-refractivity contribution in [2.75, 3.05) is 33.4 Å². The number of methoxy groups -OCH3 is 1. The van der Waals surface area contributed by atoms with E-state index in [-0.39, 0.29) is 24.0 Å². The minimum absolute atomic E-state index is 0. The molecule has 0 aliphatic rings. The SMILES string of the molecule is COCCNC(=NCCC(C)C)NCCc1ccco1.I. The smallest absolute Gasteiger partial charge is 0.191 e. The van der Waals surface area contributed by atoms with Gasteiger partial charge in [-0.1, -0.05) is 13.8 Å². The van der Waals surface area contributed by atoms with Crippen molar-refractivity contribution in [2.45, 2.75) is 26.7 Å². The van der Waals surface area contributed by atoms with Gasteiger partial charge in [0.05, 0.1) is 12.9 Å². The first kappa shape index (κ1) is 20.2. The molecule has 0 radical (unpaired) electrons. The molecule has 21 heavy (non-hydrogen) atoms. The molecule has 0 atom stereocenters. The predicted molar refractivity (Wildman–Crippen MR) is 97.5 cm³/mol. The Hall–Kier alpha value is -0.760. The Bertz CT molecular complexity index is 367. The van der Waals surface area contributed by atoms with Crippen LogP contribution in [-0.2, 0) is 11.2 Å². The van der Waals surface area contributed by atoms with Crippen molar-refractivity contribution in [1.82, 2.24) is 10.6 Å². The Kier molecular flexibility index (Phi) is 12.5. The van der Waals surface area contributed by atoms with Gasteiger partial charge in [-0.2, -0.15) is 0 Å². The molecule has 5 nitrogen and oxygen atoms in total. The van der Waals surface area contributed by atoms with Crippen molar-refractivity contribution in [3.8, 4) is 0 Å². The summed E-state index contributed by atoms with van der Waals surface area (Å²) >= 11 is 0.